The molecule has 0 atom stereocenters. The number of hydrogen-bond acceptors (Lipinski definition) is 6. The van der Waals surface area contributed by atoms with E-state index in [0.29, 0.717) is 39.5 Å². The first-order chi connectivity index (χ1) is 13.5. The zero-order valence-electron chi connectivity index (χ0n) is 15.3. The lowest BCUT2D eigenvalue weighted by atomic mass is 10.2. The molecular formula is C19H19ClN4O3S. The van der Waals surface area contributed by atoms with Crippen LogP contribution in [-0.2, 0) is 11.3 Å². The summed E-state index contributed by atoms with van der Waals surface area (Å²) in [5.74, 6) is 1.20. The van der Waals surface area contributed by atoms with Crippen molar-refractivity contribution in [2.45, 2.75) is 18.6 Å². The van der Waals surface area contributed by atoms with E-state index in [1.807, 2.05) is 17.6 Å². The van der Waals surface area contributed by atoms with Gasteiger partial charge in [-0.05, 0) is 37.3 Å². The molecule has 2 N–H and O–H groups in total. The fourth-order valence-corrected chi connectivity index (χ4v) is 3.67. The molecule has 7 nitrogen and oxygen atoms in total. The lowest BCUT2D eigenvalue weighted by Crippen LogP contribution is -2.14. The first-order valence-electron chi connectivity index (χ1n) is 8.51. The Morgan fingerprint density at radius 2 is 2.07 bits per heavy atom. The molecule has 1 heterocycles. The Morgan fingerprint density at radius 1 is 1.29 bits per heavy atom. The fraction of sp³-hybridized carbons (Fsp3) is 0.211. The highest BCUT2D eigenvalue weighted by Crippen LogP contribution is 2.30. The van der Waals surface area contributed by atoms with Crippen LogP contribution in [0.1, 0.15) is 6.92 Å². The average molecular weight is 419 g/mol. The predicted octanol–water partition coefficient (Wildman–Crippen LogP) is 4.06. The molecule has 2 aromatic carbocycles. The number of thioether (sulfide) groups is 1. The summed E-state index contributed by atoms with van der Waals surface area (Å²) in [4.78, 5) is 12.3. The smallest absolute Gasteiger partial charge is 0.234 e. The van der Waals surface area contributed by atoms with Gasteiger partial charge >= 0.3 is 0 Å². The monoisotopic (exact) mass is 418 g/mol. The molecule has 28 heavy (non-hydrogen) atoms. The maximum absolute atomic E-state index is 12.3. The lowest BCUT2D eigenvalue weighted by Gasteiger charge is -2.09. The predicted molar refractivity (Wildman–Crippen MR) is 110 cm³/mol. The number of ether oxygens (including phenoxy) is 1. The number of benzene rings is 2. The van der Waals surface area contributed by atoms with Crippen molar-refractivity contribution in [1.82, 2.24) is 14.8 Å². The van der Waals surface area contributed by atoms with Crippen LogP contribution in [-0.4, -0.2) is 38.6 Å². The summed E-state index contributed by atoms with van der Waals surface area (Å²) in [7, 11) is 1.53. The number of hydrogen-bond donors (Lipinski definition) is 2. The minimum Gasteiger partial charge on any atom is -0.507 e. The van der Waals surface area contributed by atoms with E-state index < -0.39 is 0 Å². The molecule has 0 spiro atoms. The number of para-hydroxylation sites is 1. The van der Waals surface area contributed by atoms with Crippen molar-refractivity contribution in [1.29, 1.82) is 0 Å². The molecule has 3 rings (SSSR count). The fourth-order valence-electron chi connectivity index (χ4n) is 2.61. The molecule has 0 aliphatic rings. The Kier molecular flexibility index (Phi) is 6.43. The van der Waals surface area contributed by atoms with Gasteiger partial charge in [0.15, 0.2) is 11.0 Å². The van der Waals surface area contributed by atoms with E-state index in [1.54, 1.807) is 36.4 Å². The first-order valence-corrected chi connectivity index (χ1v) is 9.87. The Hall–Kier alpha value is -2.71. The van der Waals surface area contributed by atoms with Gasteiger partial charge in [0.1, 0.15) is 11.5 Å². The van der Waals surface area contributed by atoms with E-state index in [4.69, 9.17) is 16.3 Å². The van der Waals surface area contributed by atoms with Crippen LogP contribution in [0.5, 0.6) is 11.5 Å². The van der Waals surface area contributed by atoms with E-state index >= 15 is 0 Å². The van der Waals surface area contributed by atoms with Crippen LogP contribution in [0, 0.1) is 0 Å². The number of carbonyl (C=O) groups is 1. The maximum atomic E-state index is 12.3. The Bertz CT molecular complexity index is 993. The van der Waals surface area contributed by atoms with E-state index in [2.05, 4.69) is 15.5 Å². The molecule has 1 aromatic heterocycles. The number of aromatic hydroxyl groups is 1. The van der Waals surface area contributed by atoms with Crippen molar-refractivity contribution in [2.24, 2.45) is 0 Å². The number of nitrogens with one attached hydrogen (secondary N) is 1. The number of amides is 1. The van der Waals surface area contributed by atoms with Crippen LogP contribution >= 0.6 is 23.4 Å². The minimum absolute atomic E-state index is 0.135. The molecule has 146 valence electrons. The van der Waals surface area contributed by atoms with Crippen LogP contribution in [0.4, 0.5) is 5.69 Å². The molecule has 1 amide bonds. The molecule has 9 heteroatoms. The molecule has 0 saturated carbocycles. The van der Waals surface area contributed by atoms with E-state index in [9.17, 15) is 9.90 Å². The third kappa shape index (κ3) is 4.40. The highest BCUT2D eigenvalue weighted by Gasteiger charge is 2.17. The van der Waals surface area contributed by atoms with E-state index in [-0.39, 0.29) is 17.4 Å². The highest BCUT2D eigenvalue weighted by molar-refractivity contribution is 7.99. The molecule has 0 aliphatic heterocycles. The van der Waals surface area contributed by atoms with Gasteiger partial charge in [-0.3, -0.25) is 4.79 Å². The third-order valence-corrected chi connectivity index (χ3v) is 5.21. The van der Waals surface area contributed by atoms with Crippen molar-refractivity contribution in [3.63, 3.8) is 0 Å². The Balaban J connectivity index is 1.68. The van der Waals surface area contributed by atoms with Gasteiger partial charge in [0.25, 0.3) is 0 Å². The molecule has 0 radical (unpaired) electrons. The number of halogens is 1. The first kappa shape index (κ1) is 20.0. The van der Waals surface area contributed by atoms with Crippen molar-refractivity contribution >= 4 is 35.0 Å². The van der Waals surface area contributed by atoms with Gasteiger partial charge in [-0.1, -0.05) is 35.5 Å². The molecule has 3 aromatic rings. The van der Waals surface area contributed by atoms with Crippen LogP contribution in [0.25, 0.3) is 11.4 Å². The molecule has 0 unspecified atom stereocenters. The van der Waals surface area contributed by atoms with Crippen molar-refractivity contribution in [3.05, 3.63) is 47.5 Å². The SMILES string of the molecule is CCn1c(SCC(=O)Nc2ccc(OC)c(Cl)c2)nnc1-c1ccccc1O. The number of carbonyl (C=O) groups excluding carboxylic acids is 1. The molecule has 0 aliphatic carbocycles. The molecule has 0 bridgehead atoms. The normalized spacial score (nSPS) is 10.7. The van der Waals surface area contributed by atoms with Crippen LogP contribution in [0.2, 0.25) is 5.02 Å². The van der Waals surface area contributed by atoms with Gasteiger partial charge in [0.2, 0.25) is 5.91 Å². The highest BCUT2D eigenvalue weighted by atomic mass is 35.5. The number of aromatic nitrogens is 3. The zero-order chi connectivity index (χ0) is 20.1. The number of methoxy groups -OCH3 is 1. The van der Waals surface area contributed by atoms with Crippen molar-refractivity contribution < 1.29 is 14.6 Å². The van der Waals surface area contributed by atoms with Gasteiger partial charge < -0.3 is 19.7 Å². The van der Waals surface area contributed by atoms with Crippen molar-refractivity contribution in [3.8, 4) is 22.9 Å². The van der Waals surface area contributed by atoms with Gasteiger partial charge in [-0.25, -0.2) is 0 Å². The standard InChI is InChI=1S/C19H19ClN4O3S/c1-3-24-18(13-6-4-5-7-15(13)25)22-23-19(24)28-11-17(26)21-12-8-9-16(27-2)14(20)10-12/h4-10,25H,3,11H2,1-2H3,(H,21,26). The largest absolute Gasteiger partial charge is 0.507 e. The maximum Gasteiger partial charge on any atom is 0.234 e. The second kappa shape index (κ2) is 8.99. The number of phenols is 1. The van der Waals surface area contributed by atoms with Crippen LogP contribution in [0.3, 0.4) is 0 Å². The number of phenolic OH excluding ortho intramolecular Hbond substituents is 1. The second-order valence-electron chi connectivity index (χ2n) is 5.75. The van der Waals surface area contributed by atoms with E-state index in [1.165, 1.54) is 18.9 Å². The number of rotatable bonds is 7. The summed E-state index contributed by atoms with van der Waals surface area (Å²) in [6.07, 6.45) is 0. The molecule has 0 fully saturated rings. The zero-order valence-corrected chi connectivity index (χ0v) is 16.9. The second-order valence-corrected chi connectivity index (χ2v) is 7.10. The van der Waals surface area contributed by atoms with Crippen LogP contribution < -0.4 is 10.1 Å². The summed E-state index contributed by atoms with van der Waals surface area (Å²) in [5.41, 5.74) is 1.18. The summed E-state index contributed by atoms with van der Waals surface area (Å²) in [5, 5.41) is 22.2. The molecular weight excluding hydrogens is 400 g/mol. The summed E-state index contributed by atoms with van der Waals surface area (Å²) < 4.78 is 6.96. The van der Waals surface area contributed by atoms with Crippen LogP contribution in [0.15, 0.2) is 47.6 Å². The molecule has 0 saturated heterocycles. The van der Waals surface area contributed by atoms with Gasteiger partial charge in [0, 0.05) is 12.2 Å². The van der Waals surface area contributed by atoms with Gasteiger partial charge in [0.05, 0.1) is 23.4 Å². The topological polar surface area (TPSA) is 89.3 Å². The lowest BCUT2D eigenvalue weighted by molar-refractivity contribution is -0.113. The van der Waals surface area contributed by atoms with Gasteiger partial charge in [-0.2, -0.15) is 0 Å². The summed E-state index contributed by atoms with van der Waals surface area (Å²) >= 11 is 7.35. The summed E-state index contributed by atoms with van der Waals surface area (Å²) in [6, 6.07) is 12.0. The number of nitrogens with zero attached hydrogens (tertiary/aromatic N) is 3. The quantitative estimate of drug-likeness (QED) is 0.562. The Labute approximate surface area is 171 Å². The van der Waals surface area contributed by atoms with Crippen molar-refractivity contribution in [2.75, 3.05) is 18.2 Å². The number of anilines is 1. The average Bonchev–Trinajstić information content (AvgIpc) is 3.09. The minimum atomic E-state index is -0.194. The summed E-state index contributed by atoms with van der Waals surface area (Å²) in [6.45, 7) is 2.56. The third-order valence-electron chi connectivity index (χ3n) is 3.95. The Morgan fingerprint density at radius 3 is 2.75 bits per heavy atom. The van der Waals surface area contributed by atoms with E-state index in [0.717, 1.165) is 0 Å². The van der Waals surface area contributed by atoms with Gasteiger partial charge in [-0.15, -0.1) is 10.2 Å².